The van der Waals surface area contributed by atoms with Crippen LogP contribution in [-0.2, 0) is 19.4 Å². The third kappa shape index (κ3) is 2.90. The largest absolute Gasteiger partial charge is 0.493 e. The third-order valence-electron chi connectivity index (χ3n) is 5.91. The van der Waals surface area contributed by atoms with Crippen molar-refractivity contribution in [2.75, 3.05) is 25.9 Å². The van der Waals surface area contributed by atoms with Gasteiger partial charge in [0.25, 0.3) is 0 Å². The van der Waals surface area contributed by atoms with Crippen molar-refractivity contribution in [3.8, 4) is 17.2 Å². The highest BCUT2D eigenvalue weighted by Crippen LogP contribution is 2.38. The molecule has 5 rings (SSSR count). The summed E-state index contributed by atoms with van der Waals surface area (Å²) in [4.78, 5) is 14.7. The highest BCUT2D eigenvalue weighted by molar-refractivity contribution is 5.87. The standard InChI is InChI=1S/C23H23NO5/c1-26-20-9-7-14(11-21(20)27-2)24-12-18-19(28-13-24)10-8-16-15-5-3-4-6-17(15)23(25)29-22(16)18/h7-11H,3-6,12-13H2,1-2H3. The second-order valence-electron chi connectivity index (χ2n) is 7.48. The Labute approximate surface area is 168 Å². The third-order valence-corrected chi connectivity index (χ3v) is 5.91. The van der Waals surface area contributed by atoms with Gasteiger partial charge < -0.3 is 23.5 Å². The maximum absolute atomic E-state index is 12.6. The Morgan fingerprint density at radius 1 is 0.931 bits per heavy atom. The molecular weight excluding hydrogens is 370 g/mol. The average Bonchev–Trinajstić information content (AvgIpc) is 2.78. The second kappa shape index (κ2) is 7.03. The summed E-state index contributed by atoms with van der Waals surface area (Å²) >= 11 is 0. The number of hydrogen-bond acceptors (Lipinski definition) is 6. The number of ether oxygens (including phenoxy) is 3. The van der Waals surface area contributed by atoms with Crippen molar-refractivity contribution in [2.45, 2.75) is 32.2 Å². The summed E-state index contributed by atoms with van der Waals surface area (Å²) in [7, 11) is 3.24. The SMILES string of the molecule is COc1ccc(N2COc3ccc4c5c(c(=O)oc4c3C2)CCCC5)cc1OC. The molecule has 0 radical (unpaired) electrons. The summed E-state index contributed by atoms with van der Waals surface area (Å²) in [6.07, 6.45) is 3.89. The lowest BCUT2D eigenvalue weighted by Gasteiger charge is -2.31. The van der Waals surface area contributed by atoms with Crippen LogP contribution >= 0.6 is 0 Å². The monoisotopic (exact) mass is 393 g/mol. The van der Waals surface area contributed by atoms with Gasteiger partial charge in [0, 0.05) is 22.7 Å². The Morgan fingerprint density at radius 3 is 2.52 bits per heavy atom. The van der Waals surface area contributed by atoms with E-state index in [1.165, 1.54) is 0 Å². The van der Waals surface area contributed by atoms with Gasteiger partial charge in [-0.2, -0.15) is 0 Å². The molecule has 0 unspecified atom stereocenters. The highest BCUT2D eigenvalue weighted by atomic mass is 16.5. The van der Waals surface area contributed by atoms with Gasteiger partial charge in [0.15, 0.2) is 18.2 Å². The zero-order chi connectivity index (χ0) is 20.0. The minimum atomic E-state index is -0.205. The van der Waals surface area contributed by atoms with Crippen LogP contribution in [0.4, 0.5) is 5.69 Å². The lowest BCUT2D eigenvalue weighted by atomic mass is 9.90. The van der Waals surface area contributed by atoms with E-state index in [-0.39, 0.29) is 5.63 Å². The van der Waals surface area contributed by atoms with E-state index in [1.807, 2.05) is 30.3 Å². The lowest BCUT2D eigenvalue weighted by Crippen LogP contribution is -2.32. The molecule has 0 N–H and O–H groups in total. The fraction of sp³-hybridized carbons (Fsp3) is 0.348. The Morgan fingerprint density at radius 2 is 1.72 bits per heavy atom. The van der Waals surface area contributed by atoms with E-state index < -0.39 is 0 Å². The maximum Gasteiger partial charge on any atom is 0.339 e. The van der Waals surface area contributed by atoms with Crippen LogP contribution in [-0.4, -0.2) is 21.0 Å². The van der Waals surface area contributed by atoms with E-state index in [1.54, 1.807) is 14.2 Å². The molecule has 0 fully saturated rings. The molecule has 150 valence electrons. The van der Waals surface area contributed by atoms with Crippen molar-refractivity contribution < 1.29 is 18.6 Å². The summed E-state index contributed by atoms with van der Waals surface area (Å²) in [5.41, 5.74) is 4.30. The molecule has 3 aromatic rings. The maximum atomic E-state index is 12.6. The van der Waals surface area contributed by atoms with Gasteiger partial charge in [-0.3, -0.25) is 0 Å². The minimum Gasteiger partial charge on any atom is -0.493 e. The first-order chi connectivity index (χ1) is 14.2. The molecule has 0 saturated carbocycles. The van der Waals surface area contributed by atoms with Gasteiger partial charge in [-0.05, 0) is 55.5 Å². The fourth-order valence-electron chi connectivity index (χ4n) is 4.40. The van der Waals surface area contributed by atoms with Gasteiger partial charge >= 0.3 is 5.63 Å². The molecule has 2 aromatic carbocycles. The van der Waals surface area contributed by atoms with Gasteiger partial charge in [-0.25, -0.2) is 4.79 Å². The van der Waals surface area contributed by atoms with E-state index >= 15 is 0 Å². The second-order valence-corrected chi connectivity index (χ2v) is 7.48. The molecule has 0 bridgehead atoms. The lowest BCUT2D eigenvalue weighted by molar-refractivity contribution is 0.288. The Hall–Kier alpha value is -3.15. The van der Waals surface area contributed by atoms with E-state index in [2.05, 4.69) is 4.90 Å². The predicted octanol–water partition coefficient (Wildman–Crippen LogP) is 4.05. The summed E-state index contributed by atoms with van der Waals surface area (Å²) in [5, 5.41) is 1.04. The molecule has 0 saturated heterocycles. The number of methoxy groups -OCH3 is 2. The zero-order valence-corrected chi connectivity index (χ0v) is 16.6. The smallest absolute Gasteiger partial charge is 0.339 e. The molecule has 6 nitrogen and oxygen atoms in total. The van der Waals surface area contributed by atoms with Crippen LogP contribution in [0.25, 0.3) is 11.0 Å². The van der Waals surface area contributed by atoms with Crippen molar-refractivity contribution in [3.05, 3.63) is 57.4 Å². The Balaban J connectivity index is 1.59. The van der Waals surface area contributed by atoms with E-state index in [0.717, 1.165) is 59.2 Å². The van der Waals surface area contributed by atoms with Crippen LogP contribution in [0.2, 0.25) is 0 Å². The summed E-state index contributed by atoms with van der Waals surface area (Å²) in [6.45, 7) is 0.993. The zero-order valence-electron chi connectivity index (χ0n) is 16.6. The van der Waals surface area contributed by atoms with Gasteiger partial charge in [-0.15, -0.1) is 0 Å². The van der Waals surface area contributed by atoms with Crippen molar-refractivity contribution >= 4 is 16.7 Å². The van der Waals surface area contributed by atoms with E-state index in [9.17, 15) is 4.79 Å². The summed E-state index contributed by atoms with van der Waals surface area (Å²) < 4.78 is 22.6. The number of benzene rings is 2. The molecule has 6 heteroatoms. The fourth-order valence-corrected chi connectivity index (χ4v) is 4.40. The number of hydrogen-bond donors (Lipinski definition) is 0. The summed E-state index contributed by atoms with van der Waals surface area (Å²) in [6, 6.07) is 9.81. The van der Waals surface area contributed by atoms with Crippen LogP contribution in [0, 0.1) is 0 Å². The van der Waals surface area contributed by atoms with Crippen LogP contribution in [0.3, 0.4) is 0 Å². The van der Waals surface area contributed by atoms with E-state index in [4.69, 9.17) is 18.6 Å². The Kier molecular flexibility index (Phi) is 4.34. The first kappa shape index (κ1) is 17.9. The predicted molar refractivity (Wildman–Crippen MR) is 110 cm³/mol. The molecule has 2 aliphatic rings. The molecule has 0 spiro atoms. The molecule has 1 aliphatic carbocycles. The van der Waals surface area contributed by atoms with Crippen LogP contribution in [0.15, 0.2) is 39.5 Å². The van der Waals surface area contributed by atoms with Gasteiger partial charge in [0.2, 0.25) is 0 Å². The average molecular weight is 393 g/mol. The van der Waals surface area contributed by atoms with Crippen LogP contribution < -0.4 is 24.7 Å². The van der Waals surface area contributed by atoms with Crippen molar-refractivity contribution in [1.29, 1.82) is 0 Å². The molecule has 2 heterocycles. The van der Waals surface area contributed by atoms with Crippen LogP contribution in [0.5, 0.6) is 17.2 Å². The van der Waals surface area contributed by atoms with Gasteiger partial charge in [-0.1, -0.05) is 0 Å². The summed E-state index contributed by atoms with van der Waals surface area (Å²) in [5.74, 6) is 2.11. The molecule has 0 atom stereocenters. The number of anilines is 1. The minimum absolute atomic E-state index is 0.205. The number of fused-ring (bicyclic) bond motifs is 5. The molecule has 29 heavy (non-hydrogen) atoms. The van der Waals surface area contributed by atoms with Crippen LogP contribution in [0.1, 0.15) is 29.5 Å². The van der Waals surface area contributed by atoms with Gasteiger partial charge in [0.05, 0.1) is 26.3 Å². The topological polar surface area (TPSA) is 61.1 Å². The van der Waals surface area contributed by atoms with Crippen molar-refractivity contribution in [3.63, 3.8) is 0 Å². The normalized spacial score (nSPS) is 15.4. The number of rotatable bonds is 3. The molecular formula is C23H23NO5. The molecule has 1 aromatic heterocycles. The molecule has 0 amide bonds. The van der Waals surface area contributed by atoms with Gasteiger partial charge in [0.1, 0.15) is 11.3 Å². The molecule has 1 aliphatic heterocycles. The number of nitrogens with zero attached hydrogens (tertiary/aromatic N) is 1. The Bertz CT molecular complexity index is 1150. The quantitative estimate of drug-likeness (QED) is 0.626. The van der Waals surface area contributed by atoms with Crippen molar-refractivity contribution in [1.82, 2.24) is 0 Å². The van der Waals surface area contributed by atoms with Crippen molar-refractivity contribution in [2.24, 2.45) is 0 Å². The highest BCUT2D eigenvalue weighted by Gasteiger charge is 2.25. The first-order valence-electron chi connectivity index (χ1n) is 9.90. The number of aryl methyl sites for hydroxylation is 1. The van der Waals surface area contributed by atoms with E-state index in [0.29, 0.717) is 30.4 Å². The first-order valence-corrected chi connectivity index (χ1v) is 9.90.